The third kappa shape index (κ3) is 15.5. The van der Waals surface area contributed by atoms with Crippen molar-refractivity contribution in [3.05, 3.63) is 159 Å². The van der Waals surface area contributed by atoms with Gasteiger partial charge < -0.3 is 92.9 Å². The first-order valence-electron chi connectivity index (χ1n) is 35.6. The van der Waals surface area contributed by atoms with Crippen molar-refractivity contribution in [2.45, 2.75) is 33.0 Å². The van der Waals surface area contributed by atoms with E-state index in [2.05, 4.69) is 5.32 Å². The fourth-order valence-electron chi connectivity index (χ4n) is 14.7. The molecular weight excluding hydrogens is 1510 g/mol. The van der Waals surface area contributed by atoms with Crippen LogP contribution in [0.15, 0.2) is 157 Å². The Hall–Kier alpha value is -9.59. The number of carboxylic acids is 1. The quantitative estimate of drug-likeness (QED) is 0.109. The monoisotopic (exact) mass is 1590 g/mol. The van der Waals surface area contributed by atoms with Gasteiger partial charge in [0.2, 0.25) is 30.1 Å². The number of amides is 2. The Bertz CT molecular complexity index is 4830. The van der Waals surface area contributed by atoms with Gasteiger partial charge in [-0.05, 0) is 123 Å². The molecular formula is C75H84ClN9O22S3. The maximum absolute atomic E-state index is 13.3. The first-order valence-corrected chi connectivity index (χ1v) is 40.0. The van der Waals surface area contributed by atoms with Crippen LogP contribution >= 0.6 is 12.4 Å². The number of carbonyl (C=O) groups is 3. The minimum absolute atomic E-state index is 0. The van der Waals surface area contributed by atoms with E-state index in [4.69, 9.17) is 47.7 Å². The summed E-state index contributed by atoms with van der Waals surface area (Å²) < 4.78 is 133. The van der Waals surface area contributed by atoms with Crippen molar-refractivity contribution < 1.29 is 103 Å². The van der Waals surface area contributed by atoms with Crippen LogP contribution in [0.5, 0.6) is 51.7 Å². The number of carbonyl (C=O) groups excluding carboxylic acids is 2. The lowest BCUT2D eigenvalue weighted by atomic mass is 10.1. The van der Waals surface area contributed by atoms with Crippen LogP contribution in [0.4, 0.5) is 17.1 Å². The SMILES string of the molecule is CN1CCOc2ccc(C(O)C(=O)O)cc21.CN1CCOc2ccc([C@@H](O)C(=O)N3CC4=C(C3)CN(S(=O)(=O)c3ccc5c(c3)OCCO5)C4)cc21.CN1CCOc2ccc([C@H](O)C(=O)N3CC4=C(C3)CN(S(=O)(=O)c3ccc5c(c3)OCCO5)C4)cc21.Cl.O=S(=O)(c1ccc2c(c1)OCCO2)N1CC2=C(CNC2)C1. The van der Waals surface area contributed by atoms with Gasteiger partial charge in [0.1, 0.15) is 76.7 Å². The van der Waals surface area contributed by atoms with Gasteiger partial charge in [0, 0.05) is 118 Å². The van der Waals surface area contributed by atoms with E-state index in [-0.39, 0.29) is 53.3 Å². The topological polar surface area (TPSA) is 356 Å². The highest BCUT2D eigenvalue weighted by Crippen LogP contribution is 2.42. The van der Waals surface area contributed by atoms with Crippen LogP contribution in [0.25, 0.3) is 0 Å². The molecule has 0 fully saturated rings. The fraction of sp³-hybridized carbons (Fsp3) is 0.400. The molecule has 0 saturated heterocycles. The lowest BCUT2D eigenvalue weighted by molar-refractivity contribution is -0.147. The standard InChI is InChI=1S/2C25H27N3O7S.C14H16N2O4S.C11H13NO4.ClH/c2*1-26-6-7-33-21-4-2-16(10-20(21)26)24(29)25(30)27-12-17-14-28(15-18(17)13-27)36(31,32)19-3-5-22-23(11-19)35-9-8-34-22;17-21(18,16-8-10-6-15-7-11(10)9-16)12-1-2-13-14(5-12)20-4-3-19-13;1-12-4-5-16-9-3-2-7(6-8(9)12)10(13)11(14)15;/h2*2-5,10-11,24,29H,6-9,12-15H2,1H3;1-2,5,15H,3-4,6-9H2;2-3,6,10,13H,4-5H2,1H3,(H,14,15);1H/t2*24-;;;/m10.../s1. The highest BCUT2D eigenvalue weighted by molar-refractivity contribution is 7.89. The number of likely N-dealkylation sites (N-methyl/N-ethyl adjacent to an activating group) is 3. The summed E-state index contributed by atoms with van der Waals surface area (Å²) in [6, 6.07) is 29.5. The largest absolute Gasteiger partial charge is 0.490 e. The minimum atomic E-state index is -3.74. The highest BCUT2D eigenvalue weighted by Gasteiger charge is 2.43. The Labute approximate surface area is 642 Å². The number of ether oxygens (including phenoxy) is 9. The van der Waals surface area contributed by atoms with Crippen molar-refractivity contribution >= 4 is 77.3 Å². The van der Waals surface area contributed by atoms with Gasteiger partial charge in [-0.15, -0.1) is 12.4 Å². The molecule has 12 aliphatic heterocycles. The maximum atomic E-state index is 13.3. The summed E-state index contributed by atoms with van der Waals surface area (Å²) in [7, 11) is -5.17. The molecule has 12 heterocycles. The Balaban J connectivity index is 0.000000128. The van der Waals surface area contributed by atoms with E-state index in [9.17, 15) is 55.0 Å². The summed E-state index contributed by atoms with van der Waals surface area (Å²) in [5.74, 6) is 3.16. The van der Waals surface area contributed by atoms with Gasteiger partial charge >= 0.3 is 5.97 Å². The number of halogens is 1. The number of aliphatic carboxylic acids is 1. The van der Waals surface area contributed by atoms with Crippen molar-refractivity contribution in [2.75, 3.05) is 193 Å². The molecule has 586 valence electrons. The van der Waals surface area contributed by atoms with Crippen LogP contribution < -0.4 is 62.6 Å². The number of aliphatic hydroxyl groups excluding tert-OH is 3. The molecule has 0 bridgehead atoms. The molecule has 31 nitrogen and oxygen atoms in total. The van der Waals surface area contributed by atoms with Crippen LogP contribution in [0.2, 0.25) is 0 Å². The van der Waals surface area contributed by atoms with Crippen molar-refractivity contribution in [1.82, 2.24) is 28.0 Å². The number of hydrogen-bond acceptors (Lipinski definition) is 25. The van der Waals surface area contributed by atoms with Gasteiger partial charge in [-0.1, -0.05) is 18.2 Å². The highest BCUT2D eigenvalue weighted by atomic mass is 35.5. The van der Waals surface area contributed by atoms with Gasteiger partial charge in [0.25, 0.3) is 11.8 Å². The molecule has 0 aliphatic carbocycles. The van der Waals surface area contributed by atoms with Crippen LogP contribution in [0.3, 0.4) is 0 Å². The molecule has 12 aliphatic rings. The normalized spacial score (nSPS) is 19.7. The predicted molar refractivity (Wildman–Crippen MR) is 401 cm³/mol. The summed E-state index contributed by atoms with van der Waals surface area (Å²) in [6.07, 6.45) is -4.09. The third-order valence-electron chi connectivity index (χ3n) is 20.9. The van der Waals surface area contributed by atoms with Crippen LogP contribution in [-0.4, -0.2) is 265 Å². The van der Waals surface area contributed by atoms with Gasteiger partial charge in [-0.3, -0.25) is 9.59 Å². The first kappa shape index (κ1) is 77.1. The number of rotatable bonds is 12. The molecule has 0 radical (unpaired) electrons. The number of fused-ring (bicyclic) bond motifs is 6. The number of nitrogens with one attached hydrogen (secondary N) is 1. The lowest BCUT2D eigenvalue weighted by Crippen LogP contribution is -2.38. The van der Waals surface area contributed by atoms with Crippen molar-refractivity contribution in [2.24, 2.45) is 0 Å². The summed E-state index contributed by atoms with van der Waals surface area (Å²) in [4.78, 5) is 46.6. The van der Waals surface area contributed by atoms with E-state index in [1.165, 1.54) is 48.3 Å². The molecule has 6 aromatic carbocycles. The Morgan fingerprint density at radius 3 is 0.909 bits per heavy atom. The third-order valence-corrected chi connectivity index (χ3v) is 26.2. The molecule has 1 unspecified atom stereocenters. The summed E-state index contributed by atoms with van der Waals surface area (Å²) in [5, 5.41) is 43.0. The Morgan fingerprint density at radius 1 is 0.345 bits per heavy atom. The molecule has 6 aromatic rings. The predicted octanol–water partition coefficient (Wildman–Crippen LogP) is 3.74. The zero-order valence-corrected chi connectivity index (χ0v) is 63.7. The Morgan fingerprint density at radius 2 is 0.609 bits per heavy atom. The van der Waals surface area contributed by atoms with Gasteiger partial charge in [0.05, 0.1) is 51.4 Å². The molecule has 110 heavy (non-hydrogen) atoms. The molecule has 18 rings (SSSR count). The van der Waals surface area contributed by atoms with Crippen molar-refractivity contribution in [1.29, 1.82) is 0 Å². The number of sulfonamides is 3. The molecule has 0 saturated carbocycles. The smallest absolute Gasteiger partial charge is 0.337 e. The average Bonchev–Trinajstić information content (AvgIpc) is 1.60. The number of aliphatic hydroxyl groups is 3. The van der Waals surface area contributed by atoms with E-state index in [1.807, 2.05) is 35.8 Å². The van der Waals surface area contributed by atoms with E-state index in [0.29, 0.717) is 150 Å². The van der Waals surface area contributed by atoms with Crippen LogP contribution in [0.1, 0.15) is 35.0 Å². The van der Waals surface area contributed by atoms with Crippen LogP contribution in [-0.2, 0) is 44.5 Å². The molecule has 0 spiro atoms. The second kappa shape index (κ2) is 31.6. The van der Waals surface area contributed by atoms with E-state index in [0.717, 1.165) is 89.3 Å². The summed E-state index contributed by atoms with van der Waals surface area (Å²) in [6.45, 7) is 11.2. The molecule has 2 amide bonds. The average molecular weight is 1600 g/mol. The summed E-state index contributed by atoms with van der Waals surface area (Å²) >= 11 is 0. The van der Waals surface area contributed by atoms with Gasteiger partial charge in [-0.2, -0.15) is 12.9 Å². The molecule has 5 N–H and O–H groups in total. The molecule has 0 aromatic heterocycles. The van der Waals surface area contributed by atoms with Crippen molar-refractivity contribution in [3.63, 3.8) is 0 Å². The second-order valence-corrected chi connectivity index (χ2v) is 33.7. The maximum Gasteiger partial charge on any atom is 0.337 e. The van der Waals surface area contributed by atoms with E-state index < -0.39 is 66.2 Å². The zero-order chi connectivity index (χ0) is 76.2. The zero-order valence-electron chi connectivity index (χ0n) is 60.4. The Kier molecular flexibility index (Phi) is 22.2. The van der Waals surface area contributed by atoms with E-state index >= 15 is 0 Å². The van der Waals surface area contributed by atoms with Crippen LogP contribution in [0, 0.1) is 0 Å². The summed E-state index contributed by atoms with van der Waals surface area (Å²) in [5.41, 5.74) is 9.87. The van der Waals surface area contributed by atoms with E-state index in [1.54, 1.807) is 94.7 Å². The molecule has 3 atom stereocenters. The van der Waals surface area contributed by atoms with Gasteiger partial charge in [-0.25, -0.2) is 30.0 Å². The number of benzene rings is 6. The molecule has 35 heteroatoms. The fourth-order valence-corrected chi connectivity index (χ4v) is 19.1. The van der Waals surface area contributed by atoms with Gasteiger partial charge in [0.15, 0.2) is 52.8 Å². The number of hydrogen-bond donors (Lipinski definition) is 5. The van der Waals surface area contributed by atoms with Crippen molar-refractivity contribution in [3.8, 4) is 51.7 Å². The number of nitrogens with zero attached hydrogens (tertiary/aromatic N) is 8. The second-order valence-electron chi connectivity index (χ2n) is 27.9. The number of carboxylic acid groups (broad SMARTS) is 1. The minimum Gasteiger partial charge on any atom is -0.490 e. The first-order chi connectivity index (χ1) is 52.4. The number of anilines is 3. The lowest BCUT2D eigenvalue weighted by Gasteiger charge is -2.29.